The van der Waals surface area contributed by atoms with Crippen molar-refractivity contribution in [3.05, 3.63) is 29.1 Å². The molecule has 1 aliphatic heterocycles. The van der Waals surface area contributed by atoms with Crippen molar-refractivity contribution in [2.45, 2.75) is 81.5 Å². The fraction of sp³-hybridized carbons (Fsp3) is 0.704. The molecule has 1 amide bonds. The van der Waals surface area contributed by atoms with E-state index in [1.54, 1.807) is 0 Å². The van der Waals surface area contributed by atoms with Gasteiger partial charge in [0.15, 0.2) is 5.60 Å². The van der Waals surface area contributed by atoms with Crippen molar-refractivity contribution in [2.24, 2.45) is 23.2 Å². The van der Waals surface area contributed by atoms with E-state index in [4.69, 9.17) is 4.74 Å². The number of rotatable bonds is 6. The second-order valence-electron chi connectivity index (χ2n) is 12.4. The van der Waals surface area contributed by atoms with Gasteiger partial charge in [0.1, 0.15) is 17.6 Å². The molecule has 1 saturated heterocycles. The molecule has 4 bridgehead atoms. The number of aliphatic carboxylic acids is 1. The number of amides is 1. The molecule has 2 N–H and O–H groups in total. The van der Waals surface area contributed by atoms with Gasteiger partial charge in [0.25, 0.3) is 5.91 Å². The van der Waals surface area contributed by atoms with E-state index >= 15 is 4.39 Å². The average Bonchev–Trinajstić information content (AvgIpc) is 3.56. The van der Waals surface area contributed by atoms with Crippen LogP contribution in [0.1, 0.15) is 79.6 Å². The summed E-state index contributed by atoms with van der Waals surface area (Å²) < 4.78 is 61.8. The van der Waals surface area contributed by atoms with Crippen molar-refractivity contribution in [1.82, 2.24) is 4.90 Å². The van der Waals surface area contributed by atoms with Gasteiger partial charge in [-0.2, -0.15) is 13.2 Å². The second-order valence-corrected chi connectivity index (χ2v) is 12.4. The average molecular weight is 526 g/mol. The van der Waals surface area contributed by atoms with Crippen LogP contribution in [-0.2, 0) is 4.79 Å². The fourth-order valence-electron chi connectivity index (χ4n) is 7.95. The van der Waals surface area contributed by atoms with Crippen molar-refractivity contribution in [1.29, 1.82) is 0 Å². The van der Waals surface area contributed by atoms with Crippen LogP contribution < -0.4 is 4.74 Å². The molecular formula is C27H31F4NO5. The summed E-state index contributed by atoms with van der Waals surface area (Å²) in [5, 5.41) is 19.5. The second kappa shape index (κ2) is 8.32. The van der Waals surface area contributed by atoms with E-state index in [0.717, 1.165) is 55.9 Å². The third-order valence-electron chi connectivity index (χ3n) is 9.46. The third-order valence-corrected chi connectivity index (χ3v) is 9.46. The van der Waals surface area contributed by atoms with E-state index in [-0.39, 0.29) is 11.3 Å². The number of ether oxygens (including phenoxy) is 1. The van der Waals surface area contributed by atoms with Crippen LogP contribution in [0.2, 0.25) is 0 Å². The van der Waals surface area contributed by atoms with Gasteiger partial charge in [-0.1, -0.05) is 0 Å². The van der Waals surface area contributed by atoms with Crippen LogP contribution in [-0.4, -0.2) is 58.0 Å². The molecule has 202 valence electrons. The molecule has 2 atom stereocenters. The van der Waals surface area contributed by atoms with Crippen molar-refractivity contribution in [3.8, 4) is 5.75 Å². The first kappa shape index (κ1) is 24.9. The molecular weight excluding hydrogens is 494 g/mol. The zero-order valence-corrected chi connectivity index (χ0v) is 20.4. The lowest BCUT2D eigenvalue weighted by Crippen LogP contribution is -2.48. The van der Waals surface area contributed by atoms with E-state index in [9.17, 15) is 33.0 Å². The minimum atomic E-state index is -5.14. The zero-order valence-electron chi connectivity index (χ0n) is 20.4. The smallest absolute Gasteiger partial charge is 0.419 e. The number of alkyl halides is 3. The maximum atomic E-state index is 15.3. The number of carboxylic acid groups (broad SMARTS) is 1. The molecule has 0 radical (unpaired) electrons. The first-order valence-electron chi connectivity index (χ1n) is 13.2. The number of nitrogens with zero attached hydrogens (tertiary/aromatic N) is 1. The van der Waals surface area contributed by atoms with Gasteiger partial charge < -0.3 is 19.8 Å². The molecule has 5 aliphatic carbocycles. The van der Waals surface area contributed by atoms with Gasteiger partial charge in [0, 0.05) is 17.9 Å². The van der Waals surface area contributed by atoms with Crippen molar-refractivity contribution in [3.63, 3.8) is 0 Å². The van der Waals surface area contributed by atoms with Crippen molar-refractivity contribution < 1.29 is 42.1 Å². The minimum absolute atomic E-state index is 0.0551. The molecule has 5 saturated carbocycles. The molecule has 7 rings (SSSR count). The summed E-state index contributed by atoms with van der Waals surface area (Å²) >= 11 is 0. The predicted octanol–water partition coefficient (Wildman–Crippen LogP) is 4.89. The summed E-state index contributed by atoms with van der Waals surface area (Å²) in [7, 11) is 0. The minimum Gasteiger partial charge on any atom is -0.493 e. The van der Waals surface area contributed by atoms with E-state index in [0.29, 0.717) is 22.8 Å². The Morgan fingerprint density at radius 1 is 1.03 bits per heavy atom. The Balaban J connectivity index is 1.25. The topological polar surface area (TPSA) is 87.1 Å². The van der Waals surface area contributed by atoms with E-state index < -0.39 is 54.0 Å². The lowest BCUT2D eigenvalue weighted by Gasteiger charge is -2.56. The zero-order chi connectivity index (χ0) is 26.3. The molecule has 0 aromatic heterocycles. The van der Waals surface area contributed by atoms with Crippen LogP contribution in [0, 0.1) is 29.0 Å². The highest BCUT2D eigenvalue weighted by molar-refractivity contribution is 5.98. The maximum Gasteiger partial charge on any atom is 0.419 e. The Kier molecular flexibility index (Phi) is 5.61. The van der Waals surface area contributed by atoms with Gasteiger partial charge in [0.05, 0.1) is 18.7 Å². The highest BCUT2D eigenvalue weighted by Gasteiger charge is 2.62. The Morgan fingerprint density at radius 2 is 1.62 bits per heavy atom. The van der Waals surface area contributed by atoms with Crippen LogP contribution in [0.4, 0.5) is 17.6 Å². The maximum absolute atomic E-state index is 15.3. The molecule has 10 heteroatoms. The molecule has 37 heavy (non-hydrogen) atoms. The van der Waals surface area contributed by atoms with Crippen LogP contribution in [0.5, 0.6) is 5.75 Å². The summed E-state index contributed by atoms with van der Waals surface area (Å²) in [4.78, 5) is 25.3. The fourth-order valence-corrected chi connectivity index (χ4v) is 7.95. The van der Waals surface area contributed by atoms with E-state index in [2.05, 4.69) is 0 Å². The molecule has 6 aliphatic rings. The van der Waals surface area contributed by atoms with Crippen molar-refractivity contribution >= 4 is 11.9 Å². The van der Waals surface area contributed by atoms with Gasteiger partial charge in [-0.25, -0.2) is 9.18 Å². The molecule has 6 fully saturated rings. The predicted molar refractivity (Wildman–Crippen MR) is 123 cm³/mol. The number of β-amino-alcohol motifs (C(OH)–C–C–N with tert-alkyl or cyclic N) is 1. The van der Waals surface area contributed by atoms with Crippen LogP contribution in [0.25, 0.3) is 0 Å². The molecule has 1 heterocycles. The molecule has 2 unspecified atom stereocenters. The number of likely N-dealkylation sites (tertiary alicyclic amines) is 1. The number of carbonyl (C=O) groups excluding carboxylic acids is 1. The van der Waals surface area contributed by atoms with Gasteiger partial charge in [-0.3, -0.25) is 4.79 Å². The number of halogens is 4. The number of hydrogen-bond acceptors (Lipinski definition) is 4. The summed E-state index contributed by atoms with van der Waals surface area (Å²) in [6.45, 7) is -0.788. The largest absolute Gasteiger partial charge is 0.493 e. The Labute approximate surface area is 212 Å². The monoisotopic (exact) mass is 525 g/mol. The Hall–Kier alpha value is -2.36. The van der Waals surface area contributed by atoms with E-state index in [1.165, 1.54) is 25.3 Å². The van der Waals surface area contributed by atoms with Crippen LogP contribution in [0.3, 0.4) is 0 Å². The summed E-state index contributed by atoms with van der Waals surface area (Å²) in [6.07, 6.45) is 2.51. The highest BCUT2D eigenvalue weighted by Crippen LogP contribution is 2.60. The summed E-state index contributed by atoms with van der Waals surface area (Å²) in [5.74, 6) is -1.24. The highest BCUT2D eigenvalue weighted by atomic mass is 19.4. The quantitative estimate of drug-likeness (QED) is 0.517. The number of aliphatic hydroxyl groups is 1. The van der Waals surface area contributed by atoms with Gasteiger partial charge in [-0.15, -0.1) is 0 Å². The molecule has 1 aromatic carbocycles. The molecule has 1 aromatic rings. The van der Waals surface area contributed by atoms with Crippen LogP contribution >= 0.6 is 0 Å². The lowest BCUT2D eigenvalue weighted by atomic mass is 9.50. The molecule has 0 spiro atoms. The number of carbonyl (C=O) groups is 2. The Bertz CT molecular complexity index is 1100. The Morgan fingerprint density at radius 3 is 2.14 bits per heavy atom. The normalized spacial score (nSPS) is 36.7. The van der Waals surface area contributed by atoms with E-state index in [1.807, 2.05) is 0 Å². The van der Waals surface area contributed by atoms with Crippen LogP contribution in [0.15, 0.2) is 12.1 Å². The van der Waals surface area contributed by atoms with Gasteiger partial charge in [0.2, 0.25) is 0 Å². The third kappa shape index (κ3) is 4.29. The summed E-state index contributed by atoms with van der Waals surface area (Å²) in [6, 6.07) is 0.521. The summed E-state index contributed by atoms with van der Waals surface area (Å²) in [5.41, 5.74) is -3.15. The first-order valence-corrected chi connectivity index (χ1v) is 13.2. The SMILES string of the molecule is O=C(O)C1CC(O)(C(F)(F)F)CN1C(=O)c1cc(C2CC2)c(OCC23CC4CC(CC(C4)C2)C3)cc1F. The standard InChI is InChI=1S/C27H31F4NO5/c28-20-7-22(37-13-25-8-14-3-15(9-25)5-16(4-14)10-25)18(17-1-2-17)6-19(20)23(33)32-12-26(36,27(29,30)31)11-21(32)24(34)35/h6-7,14-17,21,36H,1-5,8-13H2,(H,34,35). The number of benzene rings is 1. The van der Waals surface area contributed by atoms with Gasteiger partial charge >= 0.3 is 12.1 Å². The number of carboxylic acids is 1. The number of hydrogen-bond donors (Lipinski definition) is 2. The van der Waals surface area contributed by atoms with Crippen molar-refractivity contribution in [2.75, 3.05) is 13.2 Å². The molecule has 6 nitrogen and oxygen atoms in total. The van der Waals surface area contributed by atoms with Gasteiger partial charge in [-0.05, 0) is 86.7 Å². The lowest BCUT2D eigenvalue weighted by molar-refractivity contribution is -0.253. The first-order chi connectivity index (χ1) is 17.4.